The first kappa shape index (κ1) is 25.2. The molecule has 0 spiro atoms. The van der Waals surface area contributed by atoms with Crippen LogP contribution in [0.3, 0.4) is 0 Å². The zero-order valence-electron chi connectivity index (χ0n) is 19.1. The van der Waals surface area contributed by atoms with Gasteiger partial charge in [-0.1, -0.05) is 47.5 Å². The number of halogens is 3. The van der Waals surface area contributed by atoms with E-state index >= 15 is 0 Å². The number of hydrogen-bond donors (Lipinski definition) is 1. The molecule has 0 saturated heterocycles. The van der Waals surface area contributed by atoms with Crippen molar-refractivity contribution in [2.24, 2.45) is 0 Å². The van der Waals surface area contributed by atoms with Crippen LogP contribution in [0.15, 0.2) is 89.4 Å². The standard InChI is InChI=1S/C28H24BrCl2NO3/c1-2-33-27-15-19(14-25(29)28(27)34-18-20-8-9-21(30)16-26(20)31)17-32-22-10-12-24(13-11-22)35-23-6-4-3-5-7-23/h3-16,32H,2,17-18H2,1H3. The molecule has 0 heterocycles. The molecule has 4 nitrogen and oxygen atoms in total. The van der Waals surface area contributed by atoms with Crippen molar-refractivity contribution in [3.63, 3.8) is 0 Å². The molecule has 7 heteroatoms. The van der Waals surface area contributed by atoms with E-state index < -0.39 is 0 Å². The first-order valence-corrected chi connectivity index (χ1v) is 12.7. The van der Waals surface area contributed by atoms with Crippen LogP contribution in [0.25, 0.3) is 0 Å². The fourth-order valence-electron chi connectivity index (χ4n) is 3.38. The Bertz CT molecular complexity index is 1270. The van der Waals surface area contributed by atoms with Crippen molar-refractivity contribution in [1.82, 2.24) is 0 Å². The van der Waals surface area contributed by atoms with Crippen LogP contribution in [0, 0.1) is 0 Å². The average Bonchev–Trinajstić information content (AvgIpc) is 2.85. The van der Waals surface area contributed by atoms with E-state index in [1.807, 2.05) is 79.7 Å². The first-order chi connectivity index (χ1) is 17.0. The van der Waals surface area contributed by atoms with Gasteiger partial charge in [0.25, 0.3) is 0 Å². The summed E-state index contributed by atoms with van der Waals surface area (Å²) < 4.78 is 18.6. The van der Waals surface area contributed by atoms with E-state index in [2.05, 4.69) is 21.2 Å². The molecule has 0 bridgehead atoms. The fraction of sp³-hybridized carbons (Fsp3) is 0.143. The number of nitrogens with one attached hydrogen (secondary N) is 1. The molecule has 0 radical (unpaired) electrons. The summed E-state index contributed by atoms with van der Waals surface area (Å²) in [5, 5.41) is 4.59. The van der Waals surface area contributed by atoms with Gasteiger partial charge in [-0.05, 0) is 89.1 Å². The van der Waals surface area contributed by atoms with Gasteiger partial charge in [0, 0.05) is 27.8 Å². The molecule has 0 amide bonds. The Morgan fingerprint density at radius 3 is 2.29 bits per heavy atom. The zero-order valence-corrected chi connectivity index (χ0v) is 22.2. The highest BCUT2D eigenvalue weighted by Crippen LogP contribution is 2.38. The molecule has 0 aromatic heterocycles. The molecular weight excluding hydrogens is 549 g/mol. The molecule has 0 atom stereocenters. The van der Waals surface area contributed by atoms with Crippen LogP contribution in [0.5, 0.6) is 23.0 Å². The van der Waals surface area contributed by atoms with Gasteiger partial charge in [-0.25, -0.2) is 0 Å². The summed E-state index contributed by atoms with van der Waals surface area (Å²) in [5.74, 6) is 2.88. The molecule has 4 aromatic carbocycles. The SMILES string of the molecule is CCOc1cc(CNc2ccc(Oc3ccccc3)cc2)cc(Br)c1OCc1ccc(Cl)cc1Cl. The second-order valence-corrected chi connectivity index (χ2v) is 9.35. The zero-order chi connectivity index (χ0) is 24.6. The Labute approximate surface area is 223 Å². The Balaban J connectivity index is 1.41. The molecule has 4 rings (SSSR count). The van der Waals surface area contributed by atoms with Crippen molar-refractivity contribution in [2.75, 3.05) is 11.9 Å². The summed E-state index contributed by atoms with van der Waals surface area (Å²) in [4.78, 5) is 0. The van der Waals surface area contributed by atoms with E-state index in [1.54, 1.807) is 12.1 Å². The van der Waals surface area contributed by atoms with E-state index in [-0.39, 0.29) is 0 Å². The lowest BCUT2D eigenvalue weighted by Crippen LogP contribution is -2.04. The van der Waals surface area contributed by atoms with Crippen LogP contribution in [0.1, 0.15) is 18.1 Å². The summed E-state index contributed by atoms with van der Waals surface area (Å²) >= 11 is 15.9. The van der Waals surface area contributed by atoms with Crippen LogP contribution < -0.4 is 19.5 Å². The number of para-hydroxylation sites is 1. The molecular formula is C28H24BrCl2NO3. The minimum Gasteiger partial charge on any atom is -0.490 e. The Morgan fingerprint density at radius 1 is 0.829 bits per heavy atom. The van der Waals surface area contributed by atoms with E-state index in [9.17, 15) is 0 Å². The van der Waals surface area contributed by atoms with E-state index in [0.29, 0.717) is 41.3 Å². The predicted molar refractivity (Wildman–Crippen MR) is 146 cm³/mol. The van der Waals surface area contributed by atoms with Gasteiger partial charge in [-0.2, -0.15) is 0 Å². The highest BCUT2D eigenvalue weighted by atomic mass is 79.9. The molecule has 0 saturated carbocycles. The van der Waals surface area contributed by atoms with Crippen LogP contribution in [-0.4, -0.2) is 6.61 Å². The third-order valence-corrected chi connectivity index (χ3v) is 6.26. The minimum atomic E-state index is 0.295. The van der Waals surface area contributed by atoms with Crippen LogP contribution >= 0.6 is 39.1 Å². The molecule has 0 aliphatic carbocycles. The lowest BCUT2D eigenvalue weighted by molar-refractivity contribution is 0.267. The summed E-state index contributed by atoms with van der Waals surface area (Å²) in [7, 11) is 0. The second-order valence-electron chi connectivity index (χ2n) is 7.66. The van der Waals surface area contributed by atoms with Crippen molar-refractivity contribution >= 4 is 44.8 Å². The third kappa shape index (κ3) is 7.07. The maximum absolute atomic E-state index is 6.29. The van der Waals surface area contributed by atoms with E-state index in [1.165, 1.54) is 0 Å². The van der Waals surface area contributed by atoms with Gasteiger partial charge in [0.2, 0.25) is 0 Å². The van der Waals surface area contributed by atoms with Gasteiger partial charge in [-0.3, -0.25) is 0 Å². The number of anilines is 1. The lowest BCUT2D eigenvalue weighted by Gasteiger charge is -2.16. The summed E-state index contributed by atoms with van der Waals surface area (Å²) in [6, 6.07) is 26.9. The maximum Gasteiger partial charge on any atom is 0.175 e. The number of hydrogen-bond acceptors (Lipinski definition) is 4. The molecule has 180 valence electrons. The van der Waals surface area contributed by atoms with Gasteiger partial charge < -0.3 is 19.5 Å². The van der Waals surface area contributed by atoms with Gasteiger partial charge in [0.15, 0.2) is 11.5 Å². The summed E-state index contributed by atoms with van der Waals surface area (Å²) in [5.41, 5.74) is 2.87. The molecule has 0 fully saturated rings. The number of benzene rings is 4. The van der Waals surface area contributed by atoms with Crippen molar-refractivity contribution < 1.29 is 14.2 Å². The largest absolute Gasteiger partial charge is 0.490 e. The molecule has 0 aliphatic heterocycles. The molecule has 0 aliphatic rings. The molecule has 0 unspecified atom stereocenters. The third-order valence-electron chi connectivity index (χ3n) is 5.09. The van der Waals surface area contributed by atoms with Gasteiger partial charge in [-0.15, -0.1) is 0 Å². The highest BCUT2D eigenvalue weighted by molar-refractivity contribution is 9.10. The number of rotatable bonds is 10. The Morgan fingerprint density at radius 2 is 1.57 bits per heavy atom. The minimum absolute atomic E-state index is 0.295. The Kier molecular flexibility index (Phi) is 8.80. The van der Waals surface area contributed by atoms with Crippen molar-refractivity contribution in [3.8, 4) is 23.0 Å². The summed E-state index contributed by atoms with van der Waals surface area (Å²) in [6.45, 7) is 3.37. The van der Waals surface area contributed by atoms with E-state index in [4.69, 9.17) is 37.4 Å². The second kappa shape index (κ2) is 12.2. The quantitative estimate of drug-likeness (QED) is 0.206. The molecule has 1 N–H and O–H groups in total. The van der Waals surface area contributed by atoms with Crippen LogP contribution in [-0.2, 0) is 13.2 Å². The maximum atomic E-state index is 6.29. The topological polar surface area (TPSA) is 39.7 Å². The normalized spacial score (nSPS) is 10.6. The van der Waals surface area contributed by atoms with E-state index in [0.717, 1.165) is 32.8 Å². The summed E-state index contributed by atoms with van der Waals surface area (Å²) in [6.07, 6.45) is 0. The highest BCUT2D eigenvalue weighted by Gasteiger charge is 2.14. The van der Waals surface area contributed by atoms with Gasteiger partial charge in [0.1, 0.15) is 18.1 Å². The van der Waals surface area contributed by atoms with Crippen LogP contribution in [0.2, 0.25) is 10.0 Å². The molecule has 4 aromatic rings. The van der Waals surface area contributed by atoms with Gasteiger partial charge in [0.05, 0.1) is 11.1 Å². The van der Waals surface area contributed by atoms with Crippen molar-refractivity contribution in [3.05, 3.63) is 111 Å². The molecule has 35 heavy (non-hydrogen) atoms. The van der Waals surface area contributed by atoms with Crippen molar-refractivity contribution in [1.29, 1.82) is 0 Å². The average molecular weight is 573 g/mol. The van der Waals surface area contributed by atoms with Crippen LogP contribution in [0.4, 0.5) is 5.69 Å². The lowest BCUT2D eigenvalue weighted by atomic mass is 10.2. The van der Waals surface area contributed by atoms with Gasteiger partial charge >= 0.3 is 0 Å². The fourth-order valence-corrected chi connectivity index (χ4v) is 4.45. The predicted octanol–water partition coefficient (Wildman–Crippen LogP) is 9.14. The monoisotopic (exact) mass is 571 g/mol. The van der Waals surface area contributed by atoms with Crippen molar-refractivity contribution in [2.45, 2.75) is 20.1 Å². The number of ether oxygens (including phenoxy) is 3. The smallest absolute Gasteiger partial charge is 0.175 e. The first-order valence-electron chi connectivity index (χ1n) is 11.1. The Hall–Kier alpha value is -2.86.